The van der Waals surface area contributed by atoms with E-state index in [0.717, 1.165) is 32.1 Å². The lowest BCUT2D eigenvalue weighted by Crippen LogP contribution is -2.62. The molecule has 10 atom stereocenters. The molecule has 0 aromatic carbocycles. The molecule has 5 nitrogen and oxygen atoms in total. The number of nitrogens with zero attached hydrogens (tertiary/aromatic N) is 1. The standard InChI is InChI=1S/C28H45F2NO4/c1-17(4-7-24(34)31-10-12-35-13-11-31)19-5-6-20-25-21(8-9-26(19,20)2)27(3)16-28(29,30)23(33)15-18(27)14-22(25)32/h17-23,25,32-33H,4-16H2,1-3H3/t17-,18-,19-,20+,21+,22+,23-,25+,26-,27+/m1/s1. The second kappa shape index (κ2) is 9.20. The molecule has 0 unspecified atom stereocenters. The average Bonchev–Trinajstić information content (AvgIpc) is 3.17. The number of aliphatic hydroxyl groups excluding tert-OH is 2. The molecule has 35 heavy (non-hydrogen) atoms. The third-order valence-electron chi connectivity index (χ3n) is 11.6. The van der Waals surface area contributed by atoms with Gasteiger partial charge in [0.05, 0.1) is 19.3 Å². The zero-order valence-electron chi connectivity index (χ0n) is 21.7. The highest BCUT2D eigenvalue weighted by Gasteiger charge is 2.66. The summed E-state index contributed by atoms with van der Waals surface area (Å²) in [6.07, 6.45) is 3.79. The topological polar surface area (TPSA) is 70.0 Å². The molecular weight excluding hydrogens is 452 g/mol. The van der Waals surface area contributed by atoms with Crippen molar-refractivity contribution < 1.29 is 28.5 Å². The van der Waals surface area contributed by atoms with Crippen molar-refractivity contribution in [1.29, 1.82) is 0 Å². The molecule has 0 aromatic heterocycles. The van der Waals surface area contributed by atoms with Crippen LogP contribution in [-0.2, 0) is 9.53 Å². The Kier molecular flexibility index (Phi) is 6.79. The molecular formula is C28H45F2NO4. The first-order valence-corrected chi connectivity index (χ1v) is 14.1. The van der Waals surface area contributed by atoms with Gasteiger partial charge in [-0.05, 0) is 91.3 Å². The SMILES string of the molecule is C[C@H](CCC(=O)N1CCOCC1)[C@H]1CC[C@H]2[C@@H]3[C@@H](O)C[C@@H]4C[C@@H](O)C(F)(F)C[C@]4(C)[C@H]3CC[C@]12C. The number of alkyl halides is 2. The molecule has 4 saturated carbocycles. The van der Waals surface area contributed by atoms with Gasteiger partial charge in [0, 0.05) is 25.9 Å². The molecule has 1 amide bonds. The number of aliphatic hydroxyl groups is 2. The molecule has 2 N–H and O–H groups in total. The molecule has 200 valence electrons. The van der Waals surface area contributed by atoms with E-state index >= 15 is 0 Å². The van der Waals surface area contributed by atoms with Gasteiger partial charge in [0.15, 0.2) is 0 Å². The Morgan fingerprint density at radius 2 is 1.74 bits per heavy atom. The summed E-state index contributed by atoms with van der Waals surface area (Å²) < 4.78 is 34.8. The number of halogens is 2. The largest absolute Gasteiger partial charge is 0.393 e. The number of ether oxygens (including phenoxy) is 1. The van der Waals surface area contributed by atoms with Crippen molar-refractivity contribution in [3.8, 4) is 0 Å². The predicted molar refractivity (Wildman–Crippen MR) is 129 cm³/mol. The van der Waals surface area contributed by atoms with Crippen LogP contribution in [0.5, 0.6) is 0 Å². The van der Waals surface area contributed by atoms with Crippen LogP contribution in [0.4, 0.5) is 8.78 Å². The number of morpholine rings is 1. The number of fused-ring (bicyclic) bond motifs is 5. The summed E-state index contributed by atoms with van der Waals surface area (Å²) in [7, 11) is 0. The van der Waals surface area contributed by atoms with Crippen molar-refractivity contribution in [1.82, 2.24) is 4.90 Å². The highest BCUT2D eigenvalue weighted by molar-refractivity contribution is 5.76. The van der Waals surface area contributed by atoms with Crippen molar-refractivity contribution in [2.45, 2.75) is 96.7 Å². The molecule has 5 fully saturated rings. The number of rotatable bonds is 4. The summed E-state index contributed by atoms with van der Waals surface area (Å²) in [6.45, 7) is 9.32. The minimum absolute atomic E-state index is 0.0416. The van der Waals surface area contributed by atoms with Crippen LogP contribution in [0.25, 0.3) is 0 Å². The molecule has 1 aliphatic heterocycles. The molecule has 0 aromatic rings. The van der Waals surface area contributed by atoms with Gasteiger partial charge in [0.25, 0.3) is 5.92 Å². The van der Waals surface area contributed by atoms with Gasteiger partial charge in [-0.2, -0.15) is 0 Å². The van der Waals surface area contributed by atoms with E-state index in [-0.39, 0.29) is 41.9 Å². The lowest BCUT2D eigenvalue weighted by molar-refractivity contribution is -0.236. The first-order chi connectivity index (χ1) is 16.5. The van der Waals surface area contributed by atoms with Crippen LogP contribution in [0.3, 0.4) is 0 Å². The Morgan fingerprint density at radius 3 is 2.46 bits per heavy atom. The van der Waals surface area contributed by atoms with E-state index in [0.29, 0.717) is 56.9 Å². The lowest BCUT2D eigenvalue weighted by Gasteiger charge is -2.63. The van der Waals surface area contributed by atoms with Crippen LogP contribution >= 0.6 is 0 Å². The number of hydrogen-bond donors (Lipinski definition) is 2. The van der Waals surface area contributed by atoms with Crippen LogP contribution in [0, 0.1) is 46.3 Å². The van der Waals surface area contributed by atoms with E-state index < -0.39 is 23.5 Å². The monoisotopic (exact) mass is 497 g/mol. The maximum absolute atomic E-state index is 14.7. The van der Waals surface area contributed by atoms with Crippen molar-refractivity contribution in [3.05, 3.63) is 0 Å². The summed E-state index contributed by atoms with van der Waals surface area (Å²) in [5.74, 6) is -1.44. The van der Waals surface area contributed by atoms with Crippen LogP contribution in [0.15, 0.2) is 0 Å². The van der Waals surface area contributed by atoms with Gasteiger partial charge in [-0.3, -0.25) is 4.79 Å². The minimum Gasteiger partial charge on any atom is -0.393 e. The molecule has 0 bridgehead atoms. The highest BCUT2D eigenvalue weighted by atomic mass is 19.3. The molecule has 0 radical (unpaired) electrons. The summed E-state index contributed by atoms with van der Waals surface area (Å²) in [5, 5.41) is 21.4. The number of hydrogen-bond acceptors (Lipinski definition) is 4. The molecule has 1 heterocycles. The van der Waals surface area contributed by atoms with Crippen LogP contribution in [-0.4, -0.2) is 65.5 Å². The Balaban J connectivity index is 1.29. The van der Waals surface area contributed by atoms with Gasteiger partial charge in [-0.25, -0.2) is 8.78 Å². The second-order valence-corrected chi connectivity index (χ2v) is 13.2. The van der Waals surface area contributed by atoms with Crippen LogP contribution < -0.4 is 0 Å². The third kappa shape index (κ3) is 4.25. The van der Waals surface area contributed by atoms with Gasteiger partial charge in [0.2, 0.25) is 5.91 Å². The predicted octanol–water partition coefficient (Wildman–Crippen LogP) is 4.50. The summed E-state index contributed by atoms with van der Waals surface area (Å²) in [4.78, 5) is 14.6. The van der Waals surface area contributed by atoms with Crippen LogP contribution in [0.1, 0.15) is 78.6 Å². The van der Waals surface area contributed by atoms with Crippen molar-refractivity contribution in [3.63, 3.8) is 0 Å². The van der Waals surface area contributed by atoms with Gasteiger partial charge in [-0.1, -0.05) is 20.8 Å². The molecule has 1 saturated heterocycles. The fourth-order valence-electron chi connectivity index (χ4n) is 9.73. The highest BCUT2D eigenvalue weighted by Crippen LogP contribution is 2.69. The number of carbonyl (C=O) groups excluding carboxylic acids is 1. The van der Waals surface area contributed by atoms with Crippen molar-refractivity contribution in [2.24, 2.45) is 46.3 Å². The third-order valence-corrected chi connectivity index (χ3v) is 11.6. The molecule has 4 aliphatic carbocycles. The fraction of sp³-hybridized carbons (Fsp3) is 0.964. The van der Waals surface area contributed by atoms with Gasteiger partial charge >= 0.3 is 0 Å². The van der Waals surface area contributed by atoms with E-state index in [1.807, 2.05) is 11.8 Å². The maximum Gasteiger partial charge on any atom is 0.274 e. The number of amides is 1. The second-order valence-electron chi connectivity index (χ2n) is 13.2. The summed E-state index contributed by atoms with van der Waals surface area (Å²) in [6, 6.07) is 0. The van der Waals surface area contributed by atoms with Gasteiger partial charge in [0.1, 0.15) is 6.10 Å². The zero-order valence-corrected chi connectivity index (χ0v) is 21.7. The van der Waals surface area contributed by atoms with E-state index in [1.54, 1.807) is 0 Å². The van der Waals surface area contributed by atoms with Crippen LogP contribution in [0.2, 0.25) is 0 Å². The van der Waals surface area contributed by atoms with E-state index in [1.165, 1.54) is 0 Å². The van der Waals surface area contributed by atoms with Crippen molar-refractivity contribution >= 4 is 5.91 Å². The quantitative estimate of drug-likeness (QED) is 0.600. The first kappa shape index (κ1) is 25.8. The smallest absolute Gasteiger partial charge is 0.274 e. The summed E-state index contributed by atoms with van der Waals surface area (Å²) in [5.41, 5.74) is -0.439. The summed E-state index contributed by atoms with van der Waals surface area (Å²) >= 11 is 0. The lowest BCUT2D eigenvalue weighted by atomic mass is 9.43. The number of carbonyl (C=O) groups is 1. The molecule has 7 heteroatoms. The Morgan fingerprint density at radius 1 is 1.06 bits per heavy atom. The Labute approximate surface area is 209 Å². The van der Waals surface area contributed by atoms with E-state index in [9.17, 15) is 23.8 Å². The van der Waals surface area contributed by atoms with E-state index in [2.05, 4.69) is 13.8 Å². The molecule has 0 spiro atoms. The average molecular weight is 498 g/mol. The molecule has 5 rings (SSSR count). The Bertz CT molecular complexity index is 804. The normalized spacial score (nSPS) is 48.0. The van der Waals surface area contributed by atoms with E-state index in [4.69, 9.17) is 4.74 Å². The minimum atomic E-state index is -3.04. The molecule has 5 aliphatic rings. The Hall–Kier alpha value is -0.790. The first-order valence-electron chi connectivity index (χ1n) is 14.1. The van der Waals surface area contributed by atoms with Gasteiger partial charge in [-0.15, -0.1) is 0 Å². The fourth-order valence-corrected chi connectivity index (χ4v) is 9.73. The van der Waals surface area contributed by atoms with Crippen molar-refractivity contribution in [2.75, 3.05) is 26.3 Å². The van der Waals surface area contributed by atoms with Gasteiger partial charge < -0.3 is 19.8 Å². The zero-order chi connectivity index (χ0) is 25.2. The maximum atomic E-state index is 14.7.